The van der Waals surface area contributed by atoms with Crippen molar-refractivity contribution in [1.29, 1.82) is 0 Å². The summed E-state index contributed by atoms with van der Waals surface area (Å²) in [5, 5.41) is 4.02. The molecule has 0 amide bonds. The Kier molecular flexibility index (Phi) is 10.2. The summed E-state index contributed by atoms with van der Waals surface area (Å²) in [5.41, 5.74) is 3.84. The number of halogens is 2. The van der Waals surface area contributed by atoms with Gasteiger partial charge in [0.25, 0.3) is 0 Å². The van der Waals surface area contributed by atoms with Crippen LogP contribution in [0.3, 0.4) is 0 Å². The number of hydrogen-bond donors (Lipinski definition) is 1. The van der Waals surface area contributed by atoms with E-state index in [0.717, 1.165) is 34.5 Å². The Balaban J connectivity index is 1.53. The van der Waals surface area contributed by atoms with Crippen LogP contribution in [0.2, 0.25) is 5.02 Å². The monoisotopic (exact) mass is 565 g/mol. The van der Waals surface area contributed by atoms with E-state index in [-0.39, 0.29) is 17.7 Å². The number of methoxy groups -OCH3 is 2. The number of nitrogens with one attached hydrogen (secondary N) is 1. The topological polar surface area (TPSA) is 56.8 Å². The van der Waals surface area contributed by atoms with Crippen LogP contribution >= 0.6 is 11.6 Å². The highest BCUT2D eigenvalue weighted by Gasteiger charge is 2.40. The van der Waals surface area contributed by atoms with Gasteiger partial charge in [-0.3, -0.25) is 0 Å². The van der Waals surface area contributed by atoms with Gasteiger partial charge in [0.2, 0.25) is 0 Å². The average Bonchev–Trinajstić information content (AvgIpc) is 3.02. The van der Waals surface area contributed by atoms with E-state index in [1.54, 1.807) is 25.3 Å². The lowest BCUT2D eigenvalue weighted by Gasteiger charge is -2.33. The highest BCUT2D eigenvalue weighted by molar-refractivity contribution is 6.30. The van der Waals surface area contributed by atoms with Gasteiger partial charge < -0.3 is 19.5 Å². The number of allylic oxidation sites excluding steroid dienone is 1. The van der Waals surface area contributed by atoms with E-state index in [0.29, 0.717) is 43.9 Å². The molecule has 5 nitrogen and oxygen atoms in total. The predicted molar refractivity (Wildman–Crippen MR) is 158 cm³/mol. The highest BCUT2D eigenvalue weighted by atomic mass is 35.5. The molecule has 0 aliphatic heterocycles. The SMILES string of the molecule is COC(=O)[C@]1(Nc2cccc(Cl)c2)CC/C(C[C@@H](C)COCc2ccc(OC)cc2)=C\c2ccc(F)cc2CC1. The summed E-state index contributed by atoms with van der Waals surface area (Å²) in [7, 11) is 3.06. The van der Waals surface area contributed by atoms with Gasteiger partial charge >= 0.3 is 5.97 Å². The molecule has 0 spiro atoms. The molecule has 1 aliphatic rings. The molecule has 212 valence electrons. The van der Waals surface area contributed by atoms with E-state index >= 15 is 0 Å². The first-order valence-corrected chi connectivity index (χ1v) is 14.0. The average molecular weight is 566 g/mol. The molecule has 0 unspecified atom stereocenters. The van der Waals surface area contributed by atoms with Crippen molar-refractivity contribution in [3.8, 4) is 5.75 Å². The van der Waals surface area contributed by atoms with Crippen LogP contribution in [0.5, 0.6) is 5.75 Å². The summed E-state index contributed by atoms with van der Waals surface area (Å²) in [4.78, 5) is 13.3. The number of esters is 1. The lowest BCUT2D eigenvalue weighted by molar-refractivity contribution is -0.146. The summed E-state index contributed by atoms with van der Waals surface area (Å²) >= 11 is 6.24. The third-order valence-corrected chi connectivity index (χ3v) is 7.62. The summed E-state index contributed by atoms with van der Waals surface area (Å²) < 4.78 is 30.9. The van der Waals surface area contributed by atoms with Gasteiger partial charge in [0.05, 0.1) is 20.8 Å². The first kappa shape index (κ1) is 29.6. The molecule has 4 rings (SSSR count). The third-order valence-electron chi connectivity index (χ3n) is 7.38. The van der Waals surface area contributed by atoms with Crippen LogP contribution in [0, 0.1) is 11.7 Å². The number of carbonyl (C=O) groups is 1. The minimum Gasteiger partial charge on any atom is -0.497 e. The van der Waals surface area contributed by atoms with Crippen molar-refractivity contribution >= 4 is 29.3 Å². The smallest absolute Gasteiger partial charge is 0.331 e. The number of hydrogen-bond acceptors (Lipinski definition) is 5. The fourth-order valence-electron chi connectivity index (χ4n) is 5.26. The van der Waals surface area contributed by atoms with Crippen LogP contribution in [0.25, 0.3) is 6.08 Å². The van der Waals surface area contributed by atoms with Crippen LogP contribution in [0.1, 0.15) is 49.3 Å². The molecule has 0 saturated carbocycles. The zero-order valence-electron chi connectivity index (χ0n) is 23.3. The Morgan fingerprint density at radius 3 is 2.55 bits per heavy atom. The lowest BCUT2D eigenvalue weighted by atomic mass is 9.84. The van der Waals surface area contributed by atoms with Crippen LogP contribution in [0.15, 0.2) is 72.3 Å². The van der Waals surface area contributed by atoms with E-state index in [2.05, 4.69) is 18.3 Å². The van der Waals surface area contributed by atoms with Crippen molar-refractivity contribution in [2.45, 2.75) is 51.2 Å². The van der Waals surface area contributed by atoms with Gasteiger partial charge in [-0.1, -0.05) is 54.4 Å². The zero-order valence-corrected chi connectivity index (χ0v) is 24.1. The summed E-state index contributed by atoms with van der Waals surface area (Å²) in [6.45, 7) is 3.26. The van der Waals surface area contributed by atoms with Gasteiger partial charge in [0, 0.05) is 17.3 Å². The number of anilines is 1. The first-order valence-electron chi connectivity index (χ1n) is 13.6. The maximum absolute atomic E-state index is 14.3. The highest BCUT2D eigenvalue weighted by Crippen LogP contribution is 2.34. The van der Waals surface area contributed by atoms with Crippen LogP contribution < -0.4 is 10.1 Å². The predicted octanol–water partition coefficient (Wildman–Crippen LogP) is 7.86. The third kappa shape index (κ3) is 7.86. The Hall–Kier alpha value is -3.35. The van der Waals surface area contributed by atoms with Gasteiger partial charge in [0.15, 0.2) is 0 Å². The minimum absolute atomic E-state index is 0.238. The second-order valence-electron chi connectivity index (χ2n) is 10.5. The van der Waals surface area contributed by atoms with Crippen molar-refractivity contribution in [3.05, 3.63) is 99.8 Å². The summed E-state index contributed by atoms with van der Waals surface area (Å²) in [6.07, 6.45) is 5.09. The van der Waals surface area contributed by atoms with Gasteiger partial charge in [-0.2, -0.15) is 0 Å². The molecule has 2 atom stereocenters. The summed E-state index contributed by atoms with van der Waals surface area (Å²) in [6, 6.07) is 20.0. The molecule has 0 fully saturated rings. The summed E-state index contributed by atoms with van der Waals surface area (Å²) in [5.74, 6) is 0.419. The molecule has 3 aromatic rings. The molecule has 0 radical (unpaired) electrons. The number of aryl methyl sites for hydroxylation is 1. The molecule has 0 aromatic heterocycles. The maximum Gasteiger partial charge on any atom is 0.331 e. The maximum atomic E-state index is 14.3. The van der Waals surface area contributed by atoms with Crippen molar-refractivity contribution in [2.75, 3.05) is 26.1 Å². The van der Waals surface area contributed by atoms with E-state index < -0.39 is 5.54 Å². The van der Waals surface area contributed by atoms with Gasteiger partial charge in [0.1, 0.15) is 17.1 Å². The molecule has 0 saturated heterocycles. The zero-order chi connectivity index (χ0) is 28.5. The Labute approximate surface area is 241 Å². The van der Waals surface area contributed by atoms with E-state index in [9.17, 15) is 9.18 Å². The second kappa shape index (κ2) is 13.8. The number of rotatable bonds is 10. The van der Waals surface area contributed by atoms with Crippen molar-refractivity contribution in [2.24, 2.45) is 5.92 Å². The van der Waals surface area contributed by atoms with Crippen LogP contribution in [0.4, 0.5) is 10.1 Å². The number of benzene rings is 3. The lowest BCUT2D eigenvalue weighted by Crippen LogP contribution is -2.47. The van der Waals surface area contributed by atoms with Gasteiger partial charge in [-0.05, 0) is 97.2 Å². The van der Waals surface area contributed by atoms with E-state index in [1.807, 2.05) is 42.5 Å². The molecule has 0 bridgehead atoms. The molecule has 0 heterocycles. The molecule has 40 heavy (non-hydrogen) atoms. The fourth-order valence-corrected chi connectivity index (χ4v) is 5.45. The molecule has 1 N–H and O–H groups in total. The first-order chi connectivity index (χ1) is 19.3. The molecular formula is C33H37ClFNO4. The minimum atomic E-state index is -0.999. The molecule has 3 aromatic carbocycles. The molecule has 7 heteroatoms. The largest absolute Gasteiger partial charge is 0.497 e. The van der Waals surface area contributed by atoms with Crippen LogP contribution in [-0.2, 0) is 27.3 Å². The Bertz CT molecular complexity index is 1330. The van der Waals surface area contributed by atoms with Crippen LogP contribution in [-0.4, -0.2) is 32.3 Å². The molecule has 1 aliphatic carbocycles. The standard InChI is InChI=1S/C33H37ClFNO4/c1-23(21-40-22-24-7-11-31(38-2)12-8-24)17-25-13-15-33(32(37)39-3,36-30-6-4-5-28(34)20-30)16-14-27-19-29(35)10-9-26(27)18-25/h4-12,18-20,23,36H,13-17,21-22H2,1-3H3/b25-18+/t23-,33+/m1/s1. The normalized spacial score (nSPS) is 19.2. The number of ether oxygens (including phenoxy) is 3. The van der Waals surface area contributed by atoms with E-state index in [1.165, 1.54) is 18.7 Å². The Morgan fingerprint density at radius 2 is 1.82 bits per heavy atom. The van der Waals surface area contributed by atoms with E-state index in [4.69, 9.17) is 25.8 Å². The van der Waals surface area contributed by atoms with Gasteiger partial charge in [-0.25, -0.2) is 9.18 Å². The Morgan fingerprint density at radius 1 is 1.05 bits per heavy atom. The van der Waals surface area contributed by atoms with Gasteiger partial charge in [-0.15, -0.1) is 0 Å². The van der Waals surface area contributed by atoms with Crippen molar-refractivity contribution in [3.63, 3.8) is 0 Å². The molecular weight excluding hydrogens is 529 g/mol. The fraction of sp³-hybridized carbons (Fsp3) is 0.364. The number of fused-ring (bicyclic) bond motifs is 1. The quantitative estimate of drug-likeness (QED) is 0.254. The van der Waals surface area contributed by atoms with Crippen molar-refractivity contribution < 1.29 is 23.4 Å². The number of carbonyl (C=O) groups excluding carboxylic acids is 1. The van der Waals surface area contributed by atoms with Crippen molar-refractivity contribution in [1.82, 2.24) is 0 Å². The second-order valence-corrected chi connectivity index (χ2v) is 11.0.